The third kappa shape index (κ3) is 2.79. The summed E-state index contributed by atoms with van der Waals surface area (Å²) in [7, 11) is 0. The van der Waals surface area contributed by atoms with Gasteiger partial charge in [-0.3, -0.25) is 4.79 Å². The van der Waals surface area contributed by atoms with Crippen molar-refractivity contribution in [2.24, 2.45) is 10.7 Å². The summed E-state index contributed by atoms with van der Waals surface area (Å²) >= 11 is 1.64. The molecule has 24 heavy (non-hydrogen) atoms. The van der Waals surface area contributed by atoms with Gasteiger partial charge in [-0.2, -0.15) is 0 Å². The van der Waals surface area contributed by atoms with Crippen molar-refractivity contribution in [1.29, 1.82) is 0 Å². The van der Waals surface area contributed by atoms with Crippen LogP contribution in [0.2, 0.25) is 0 Å². The topological polar surface area (TPSA) is 70.7 Å². The van der Waals surface area contributed by atoms with Gasteiger partial charge in [0.15, 0.2) is 0 Å². The monoisotopic (exact) mass is 338 g/mol. The molecule has 5 nitrogen and oxygen atoms in total. The zero-order valence-corrected chi connectivity index (χ0v) is 14.0. The van der Waals surface area contributed by atoms with Gasteiger partial charge in [-0.15, -0.1) is 0 Å². The summed E-state index contributed by atoms with van der Waals surface area (Å²) in [5.74, 6) is 0.566. The first-order valence-electron chi connectivity index (χ1n) is 7.98. The second kappa shape index (κ2) is 6.30. The highest BCUT2D eigenvalue weighted by atomic mass is 32.2. The molecule has 4 rings (SSSR count). The number of piperazine rings is 1. The van der Waals surface area contributed by atoms with Gasteiger partial charge in [-0.25, -0.2) is 4.99 Å². The molecule has 2 aliphatic heterocycles. The van der Waals surface area contributed by atoms with E-state index in [0.717, 1.165) is 53.1 Å². The Morgan fingerprint density at radius 1 is 1.12 bits per heavy atom. The highest BCUT2D eigenvalue weighted by Gasteiger charge is 2.23. The lowest BCUT2D eigenvalue weighted by atomic mass is 10.1. The Morgan fingerprint density at radius 2 is 1.92 bits per heavy atom. The van der Waals surface area contributed by atoms with Crippen LogP contribution in [0.3, 0.4) is 0 Å². The van der Waals surface area contributed by atoms with E-state index in [2.05, 4.69) is 16.3 Å². The Hall–Kier alpha value is -2.31. The number of aliphatic imine (C=N–C) groups is 1. The average molecular weight is 338 g/mol. The lowest BCUT2D eigenvalue weighted by Gasteiger charge is -2.30. The Morgan fingerprint density at radius 3 is 2.71 bits per heavy atom. The van der Waals surface area contributed by atoms with Crippen LogP contribution in [0.25, 0.3) is 0 Å². The number of nitrogens with two attached hydrogens (primary N) is 1. The summed E-state index contributed by atoms with van der Waals surface area (Å²) in [5.41, 5.74) is 8.01. The molecule has 2 aromatic carbocycles. The van der Waals surface area contributed by atoms with Crippen LogP contribution in [0.5, 0.6) is 0 Å². The van der Waals surface area contributed by atoms with Gasteiger partial charge in [-0.05, 0) is 30.3 Å². The number of carbonyl (C=O) groups is 1. The fourth-order valence-corrected chi connectivity index (χ4v) is 4.05. The van der Waals surface area contributed by atoms with Gasteiger partial charge in [0.1, 0.15) is 5.84 Å². The van der Waals surface area contributed by atoms with E-state index in [4.69, 9.17) is 10.7 Å². The maximum absolute atomic E-state index is 11.6. The molecule has 0 unspecified atom stereocenters. The fourth-order valence-electron chi connectivity index (χ4n) is 2.99. The highest BCUT2D eigenvalue weighted by Crippen LogP contribution is 2.40. The number of amidine groups is 1. The van der Waals surface area contributed by atoms with Gasteiger partial charge in [0.05, 0.1) is 5.69 Å². The molecule has 2 aromatic rings. The molecule has 122 valence electrons. The minimum Gasteiger partial charge on any atom is -0.366 e. The van der Waals surface area contributed by atoms with E-state index in [0.29, 0.717) is 5.56 Å². The van der Waals surface area contributed by atoms with Gasteiger partial charge < -0.3 is 16.0 Å². The lowest BCUT2D eigenvalue weighted by Crippen LogP contribution is -2.46. The summed E-state index contributed by atoms with van der Waals surface area (Å²) in [4.78, 5) is 20.9. The van der Waals surface area contributed by atoms with Crippen LogP contribution in [-0.4, -0.2) is 42.8 Å². The summed E-state index contributed by atoms with van der Waals surface area (Å²) < 4.78 is 0. The highest BCUT2D eigenvalue weighted by molar-refractivity contribution is 7.99. The number of fused-ring (bicyclic) bond motifs is 2. The predicted octanol–water partition coefficient (Wildman–Crippen LogP) is 2.23. The first kappa shape index (κ1) is 15.2. The number of amides is 1. The van der Waals surface area contributed by atoms with Crippen LogP contribution in [-0.2, 0) is 0 Å². The minimum absolute atomic E-state index is 0.406. The van der Waals surface area contributed by atoms with Gasteiger partial charge >= 0.3 is 0 Å². The molecule has 0 aromatic heterocycles. The standard InChI is InChI=1S/C18H18N4OS/c19-17(23)12-5-6-13-16(11-12)24-15-4-2-1-3-14(15)21-18(13)22-9-7-20-8-10-22/h1-6,11,20H,7-10H2,(H2,19,23). The van der Waals surface area contributed by atoms with Crippen LogP contribution in [0.15, 0.2) is 57.2 Å². The quantitative estimate of drug-likeness (QED) is 0.836. The number of nitrogens with one attached hydrogen (secondary N) is 1. The average Bonchev–Trinajstić information content (AvgIpc) is 2.78. The maximum atomic E-state index is 11.6. The van der Waals surface area contributed by atoms with Crippen molar-refractivity contribution in [3.05, 3.63) is 53.6 Å². The molecule has 2 aliphatic rings. The first-order valence-corrected chi connectivity index (χ1v) is 8.79. The van der Waals surface area contributed by atoms with Crippen LogP contribution in [0.1, 0.15) is 15.9 Å². The molecule has 0 saturated carbocycles. The normalized spacial score (nSPS) is 16.7. The van der Waals surface area contributed by atoms with Gasteiger partial charge in [-0.1, -0.05) is 23.9 Å². The predicted molar refractivity (Wildman–Crippen MR) is 96.2 cm³/mol. The van der Waals surface area contributed by atoms with Crippen molar-refractivity contribution in [3.63, 3.8) is 0 Å². The molecule has 0 atom stereocenters. The van der Waals surface area contributed by atoms with Crippen LogP contribution < -0.4 is 11.1 Å². The SMILES string of the molecule is NC(=O)c1ccc2c(c1)Sc1ccccc1N=C2N1CCNCC1. The van der Waals surface area contributed by atoms with Gasteiger partial charge in [0.2, 0.25) is 5.91 Å². The van der Waals surface area contributed by atoms with Crippen molar-refractivity contribution in [2.75, 3.05) is 26.2 Å². The summed E-state index contributed by atoms with van der Waals surface area (Å²) in [6.07, 6.45) is 0. The molecule has 1 fully saturated rings. The molecule has 3 N–H and O–H groups in total. The molecule has 2 heterocycles. The molecule has 0 aliphatic carbocycles. The molecule has 6 heteroatoms. The van der Waals surface area contributed by atoms with Crippen molar-refractivity contribution < 1.29 is 4.79 Å². The maximum Gasteiger partial charge on any atom is 0.248 e. The fraction of sp³-hybridized carbons (Fsp3) is 0.222. The third-order valence-corrected chi connectivity index (χ3v) is 5.36. The number of benzene rings is 2. The number of rotatable bonds is 1. The number of carbonyl (C=O) groups excluding carboxylic acids is 1. The van der Waals surface area contributed by atoms with E-state index in [9.17, 15) is 4.79 Å². The smallest absolute Gasteiger partial charge is 0.248 e. The second-order valence-electron chi connectivity index (χ2n) is 5.82. The van der Waals surface area contributed by atoms with E-state index in [-0.39, 0.29) is 0 Å². The molecule has 1 amide bonds. The largest absolute Gasteiger partial charge is 0.366 e. The van der Waals surface area contributed by atoms with Crippen LogP contribution in [0.4, 0.5) is 5.69 Å². The molecule has 0 spiro atoms. The number of hydrogen-bond acceptors (Lipinski definition) is 5. The molecule has 0 bridgehead atoms. The Labute approximate surface area is 144 Å². The number of primary amides is 1. The van der Waals surface area contributed by atoms with E-state index in [1.807, 2.05) is 30.3 Å². The van der Waals surface area contributed by atoms with Gasteiger partial charge in [0, 0.05) is 47.1 Å². The zero-order valence-electron chi connectivity index (χ0n) is 13.2. The van der Waals surface area contributed by atoms with E-state index in [1.165, 1.54) is 0 Å². The lowest BCUT2D eigenvalue weighted by molar-refractivity contribution is 0.1000. The minimum atomic E-state index is -0.406. The molecule has 1 saturated heterocycles. The van der Waals surface area contributed by atoms with Crippen molar-refractivity contribution in [3.8, 4) is 0 Å². The van der Waals surface area contributed by atoms with E-state index < -0.39 is 5.91 Å². The first-order chi connectivity index (χ1) is 11.7. The summed E-state index contributed by atoms with van der Waals surface area (Å²) in [5, 5.41) is 3.37. The van der Waals surface area contributed by atoms with Crippen molar-refractivity contribution >= 4 is 29.2 Å². The second-order valence-corrected chi connectivity index (χ2v) is 6.90. The van der Waals surface area contributed by atoms with Gasteiger partial charge in [0.25, 0.3) is 0 Å². The Bertz CT molecular complexity index is 828. The van der Waals surface area contributed by atoms with E-state index >= 15 is 0 Å². The number of para-hydroxylation sites is 1. The third-order valence-electron chi connectivity index (χ3n) is 4.24. The Balaban J connectivity index is 1.87. The summed E-state index contributed by atoms with van der Waals surface area (Å²) in [6.45, 7) is 3.73. The molecule has 0 radical (unpaired) electrons. The zero-order chi connectivity index (χ0) is 16.5. The van der Waals surface area contributed by atoms with Crippen molar-refractivity contribution in [2.45, 2.75) is 9.79 Å². The van der Waals surface area contributed by atoms with Crippen LogP contribution in [0, 0.1) is 0 Å². The number of nitrogens with zero attached hydrogens (tertiary/aromatic N) is 2. The number of hydrogen-bond donors (Lipinski definition) is 2. The summed E-state index contributed by atoms with van der Waals surface area (Å²) in [6, 6.07) is 13.7. The Kier molecular flexibility index (Phi) is 4.00. The molecular weight excluding hydrogens is 320 g/mol. The van der Waals surface area contributed by atoms with E-state index in [1.54, 1.807) is 17.8 Å². The van der Waals surface area contributed by atoms with Crippen LogP contribution >= 0.6 is 11.8 Å². The molecular formula is C18H18N4OS. The van der Waals surface area contributed by atoms with Crippen molar-refractivity contribution in [1.82, 2.24) is 10.2 Å².